The Hall–Kier alpha value is -1.88. The van der Waals surface area contributed by atoms with E-state index in [4.69, 9.17) is 0 Å². The van der Waals surface area contributed by atoms with Crippen molar-refractivity contribution < 1.29 is 4.79 Å². The van der Waals surface area contributed by atoms with Gasteiger partial charge in [-0.1, -0.05) is 6.07 Å². The number of rotatable bonds is 5. The highest BCUT2D eigenvalue weighted by Crippen LogP contribution is 2.20. The van der Waals surface area contributed by atoms with Gasteiger partial charge in [-0.3, -0.25) is 4.79 Å². The zero-order valence-corrected chi connectivity index (χ0v) is 13.2. The second-order valence-electron chi connectivity index (χ2n) is 6.09. The number of aromatic nitrogens is 2. The minimum Gasteiger partial charge on any atom is -0.342 e. The Morgan fingerprint density at radius 2 is 2.18 bits per heavy atom. The molecule has 5 nitrogen and oxygen atoms in total. The summed E-state index contributed by atoms with van der Waals surface area (Å²) in [7, 11) is 1.99. The number of piperidine rings is 1. The van der Waals surface area contributed by atoms with Crippen LogP contribution in [-0.4, -0.2) is 46.9 Å². The van der Waals surface area contributed by atoms with Crippen molar-refractivity contribution in [3.63, 3.8) is 0 Å². The Labute approximate surface area is 131 Å². The van der Waals surface area contributed by atoms with E-state index in [0.29, 0.717) is 6.42 Å². The molecular formula is C17H24N4O. The van der Waals surface area contributed by atoms with Gasteiger partial charge < -0.3 is 14.6 Å². The predicted molar refractivity (Wildman–Crippen MR) is 86.7 cm³/mol. The predicted octanol–water partition coefficient (Wildman–Crippen LogP) is 1.72. The maximum Gasteiger partial charge on any atom is 0.228 e. The van der Waals surface area contributed by atoms with Crippen LogP contribution in [0.15, 0.2) is 30.6 Å². The van der Waals surface area contributed by atoms with E-state index in [1.807, 2.05) is 46.9 Å². The molecular weight excluding hydrogens is 276 g/mol. The van der Waals surface area contributed by atoms with Gasteiger partial charge in [-0.2, -0.15) is 0 Å². The fourth-order valence-corrected chi connectivity index (χ4v) is 3.16. The first-order valence-electron chi connectivity index (χ1n) is 8.11. The SMILES string of the molecule is CNCCC1CCN(C(=O)Cc2cn3ccccc3n2)CC1. The lowest BCUT2D eigenvalue weighted by atomic mass is 9.93. The van der Waals surface area contributed by atoms with Gasteiger partial charge >= 0.3 is 0 Å². The van der Waals surface area contributed by atoms with Crippen molar-refractivity contribution in [2.45, 2.75) is 25.7 Å². The van der Waals surface area contributed by atoms with Crippen molar-refractivity contribution in [1.29, 1.82) is 0 Å². The van der Waals surface area contributed by atoms with Crippen LogP contribution in [0.1, 0.15) is 25.0 Å². The molecule has 5 heteroatoms. The number of pyridine rings is 1. The van der Waals surface area contributed by atoms with E-state index in [9.17, 15) is 4.79 Å². The molecule has 0 radical (unpaired) electrons. The van der Waals surface area contributed by atoms with Crippen LogP contribution in [0.3, 0.4) is 0 Å². The summed E-state index contributed by atoms with van der Waals surface area (Å²) in [6.45, 7) is 2.85. The van der Waals surface area contributed by atoms with Crippen molar-refractivity contribution in [3.05, 3.63) is 36.3 Å². The summed E-state index contributed by atoms with van der Waals surface area (Å²) in [4.78, 5) is 18.9. The third-order valence-corrected chi connectivity index (χ3v) is 4.52. The number of hydrogen-bond acceptors (Lipinski definition) is 3. The summed E-state index contributed by atoms with van der Waals surface area (Å²) < 4.78 is 1.96. The molecule has 0 atom stereocenters. The summed E-state index contributed by atoms with van der Waals surface area (Å²) >= 11 is 0. The zero-order chi connectivity index (χ0) is 15.4. The van der Waals surface area contributed by atoms with Gasteiger partial charge in [-0.25, -0.2) is 4.98 Å². The van der Waals surface area contributed by atoms with Gasteiger partial charge in [0, 0.05) is 25.5 Å². The van der Waals surface area contributed by atoms with Gasteiger partial charge in [0.05, 0.1) is 12.1 Å². The van der Waals surface area contributed by atoms with Gasteiger partial charge in [0.15, 0.2) is 0 Å². The molecule has 1 amide bonds. The Kier molecular flexibility index (Phi) is 4.73. The fraction of sp³-hybridized carbons (Fsp3) is 0.529. The van der Waals surface area contributed by atoms with Crippen LogP contribution >= 0.6 is 0 Å². The molecule has 22 heavy (non-hydrogen) atoms. The first-order valence-corrected chi connectivity index (χ1v) is 8.11. The van der Waals surface area contributed by atoms with Crippen LogP contribution in [0.25, 0.3) is 5.65 Å². The Morgan fingerprint density at radius 1 is 1.36 bits per heavy atom. The summed E-state index contributed by atoms with van der Waals surface area (Å²) in [5.41, 5.74) is 1.75. The number of nitrogens with one attached hydrogen (secondary N) is 1. The van der Waals surface area contributed by atoms with E-state index < -0.39 is 0 Å². The third-order valence-electron chi connectivity index (χ3n) is 4.52. The maximum atomic E-state index is 12.4. The van der Waals surface area contributed by atoms with Crippen LogP contribution in [0.4, 0.5) is 0 Å². The van der Waals surface area contributed by atoms with Gasteiger partial charge in [0.25, 0.3) is 0 Å². The second kappa shape index (κ2) is 6.92. The average Bonchev–Trinajstić information content (AvgIpc) is 2.95. The topological polar surface area (TPSA) is 49.6 Å². The van der Waals surface area contributed by atoms with Gasteiger partial charge in [0.1, 0.15) is 5.65 Å². The molecule has 118 valence electrons. The molecule has 0 saturated carbocycles. The second-order valence-corrected chi connectivity index (χ2v) is 6.09. The molecule has 1 fully saturated rings. The number of imidazole rings is 1. The Balaban J connectivity index is 1.54. The smallest absolute Gasteiger partial charge is 0.228 e. The quantitative estimate of drug-likeness (QED) is 0.915. The molecule has 2 aromatic rings. The minimum absolute atomic E-state index is 0.204. The lowest BCUT2D eigenvalue weighted by molar-refractivity contribution is -0.131. The normalized spacial score (nSPS) is 16.3. The van der Waals surface area contributed by atoms with Gasteiger partial charge in [-0.15, -0.1) is 0 Å². The van der Waals surface area contributed by atoms with Crippen LogP contribution < -0.4 is 5.32 Å². The van der Waals surface area contributed by atoms with E-state index in [-0.39, 0.29) is 5.91 Å². The molecule has 3 rings (SSSR count). The molecule has 1 saturated heterocycles. The van der Waals surface area contributed by atoms with Crippen LogP contribution in [-0.2, 0) is 11.2 Å². The van der Waals surface area contributed by atoms with Gasteiger partial charge in [-0.05, 0) is 50.9 Å². The average molecular weight is 300 g/mol. The standard InChI is InChI=1S/C17H24N4O/c1-18-8-5-14-6-10-20(11-7-14)17(22)12-15-13-21-9-3-2-4-16(21)19-15/h2-4,9,13-14,18H,5-8,10-12H2,1H3. The van der Waals surface area contributed by atoms with Gasteiger partial charge in [0.2, 0.25) is 5.91 Å². The number of carbonyl (C=O) groups excluding carboxylic acids is 1. The van der Waals surface area contributed by atoms with Crippen LogP contribution in [0.5, 0.6) is 0 Å². The monoisotopic (exact) mass is 300 g/mol. The molecule has 1 N–H and O–H groups in total. The Bertz CT molecular complexity index is 595. The highest BCUT2D eigenvalue weighted by molar-refractivity contribution is 5.78. The molecule has 0 bridgehead atoms. The first kappa shape index (κ1) is 15.0. The van der Waals surface area contributed by atoms with Crippen LogP contribution in [0, 0.1) is 5.92 Å². The number of carbonyl (C=O) groups is 1. The molecule has 0 aromatic carbocycles. The molecule has 0 spiro atoms. The number of hydrogen-bond donors (Lipinski definition) is 1. The minimum atomic E-state index is 0.204. The number of likely N-dealkylation sites (tertiary alicyclic amines) is 1. The van der Waals surface area contributed by atoms with E-state index >= 15 is 0 Å². The summed E-state index contributed by atoms with van der Waals surface area (Å²) in [6.07, 6.45) is 7.78. The van der Waals surface area contributed by atoms with Crippen molar-refractivity contribution in [2.75, 3.05) is 26.7 Å². The fourth-order valence-electron chi connectivity index (χ4n) is 3.16. The van der Waals surface area contributed by atoms with Crippen molar-refractivity contribution in [1.82, 2.24) is 19.6 Å². The largest absolute Gasteiger partial charge is 0.342 e. The van der Waals surface area contributed by atoms with E-state index in [0.717, 1.165) is 49.7 Å². The maximum absolute atomic E-state index is 12.4. The zero-order valence-electron chi connectivity index (χ0n) is 13.2. The van der Waals surface area contributed by atoms with Crippen molar-refractivity contribution >= 4 is 11.6 Å². The van der Waals surface area contributed by atoms with Crippen molar-refractivity contribution in [2.24, 2.45) is 5.92 Å². The van der Waals surface area contributed by atoms with Crippen molar-refractivity contribution in [3.8, 4) is 0 Å². The first-order chi connectivity index (χ1) is 10.8. The molecule has 3 heterocycles. The lowest BCUT2D eigenvalue weighted by Crippen LogP contribution is -2.39. The molecule has 1 aliphatic rings. The highest BCUT2D eigenvalue weighted by Gasteiger charge is 2.23. The summed E-state index contributed by atoms with van der Waals surface area (Å²) in [5, 5.41) is 3.20. The lowest BCUT2D eigenvalue weighted by Gasteiger charge is -2.32. The Morgan fingerprint density at radius 3 is 2.91 bits per heavy atom. The molecule has 2 aromatic heterocycles. The molecule has 1 aliphatic heterocycles. The molecule has 0 aliphatic carbocycles. The molecule has 0 unspecified atom stereocenters. The number of amides is 1. The van der Waals surface area contributed by atoms with E-state index in [1.165, 1.54) is 6.42 Å². The van der Waals surface area contributed by atoms with E-state index in [2.05, 4.69) is 10.3 Å². The highest BCUT2D eigenvalue weighted by atomic mass is 16.2. The summed E-state index contributed by atoms with van der Waals surface area (Å²) in [5.74, 6) is 0.960. The number of nitrogens with zero attached hydrogens (tertiary/aromatic N) is 3. The van der Waals surface area contributed by atoms with Crippen LogP contribution in [0.2, 0.25) is 0 Å². The third kappa shape index (κ3) is 3.47. The summed E-state index contributed by atoms with van der Waals surface area (Å²) in [6, 6.07) is 5.89. The number of fused-ring (bicyclic) bond motifs is 1. The van der Waals surface area contributed by atoms with E-state index in [1.54, 1.807) is 0 Å².